The molecule has 0 radical (unpaired) electrons. The summed E-state index contributed by atoms with van der Waals surface area (Å²) in [4.78, 5) is 14.6. The zero-order valence-corrected chi connectivity index (χ0v) is 14.9. The van der Waals surface area contributed by atoms with Crippen LogP contribution in [0.15, 0.2) is 12.3 Å². The minimum atomic E-state index is 0.0554. The highest BCUT2D eigenvalue weighted by atomic mass is 16.5. The van der Waals surface area contributed by atoms with Gasteiger partial charge in [0.05, 0.1) is 12.1 Å². The molecule has 6 heteroatoms. The lowest BCUT2D eigenvalue weighted by Crippen LogP contribution is -2.41. The third kappa shape index (κ3) is 4.36. The van der Waals surface area contributed by atoms with Gasteiger partial charge in [-0.1, -0.05) is 13.8 Å². The van der Waals surface area contributed by atoms with E-state index in [0.29, 0.717) is 23.8 Å². The van der Waals surface area contributed by atoms with Crippen molar-refractivity contribution in [2.24, 2.45) is 5.92 Å². The summed E-state index contributed by atoms with van der Waals surface area (Å²) in [6, 6.07) is 2.23. The molecule has 1 atom stereocenters. The molecule has 3 rings (SSSR count). The quantitative estimate of drug-likeness (QED) is 0.896. The van der Waals surface area contributed by atoms with E-state index in [-0.39, 0.29) is 5.91 Å². The monoisotopic (exact) mass is 334 g/mol. The molecule has 0 saturated carbocycles. The van der Waals surface area contributed by atoms with Crippen LogP contribution < -0.4 is 5.32 Å². The van der Waals surface area contributed by atoms with Gasteiger partial charge in [0, 0.05) is 32.4 Å². The zero-order chi connectivity index (χ0) is 16.9. The highest BCUT2D eigenvalue weighted by Crippen LogP contribution is 2.19. The Morgan fingerprint density at radius 3 is 2.83 bits per heavy atom. The van der Waals surface area contributed by atoms with Crippen molar-refractivity contribution in [2.75, 3.05) is 32.8 Å². The van der Waals surface area contributed by atoms with Crippen LogP contribution in [0.5, 0.6) is 0 Å². The van der Waals surface area contributed by atoms with Gasteiger partial charge in [-0.25, -0.2) is 0 Å². The fourth-order valence-electron chi connectivity index (χ4n) is 3.43. The molecule has 3 heterocycles. The van der Waals surface area contributed by atoms with Gasteiger partial charge in [-0.15, -0.1) is 0 Å². The number of amides is 1. The molecular weight excluding hydrogens is 304 g/mol. The number of rotatable bonds is 5. The van der Waals surface area contributed by atoms with E-state index in [1.807, 2.05) is 21.8 Å². The van der Waals surface area contributed by atoms with Crippen LogP contribution in [0.2, 0.25) is 0 Å². The van der Waals surface area contributed by atoms with Crippen molar-refractivity contribution in [1.82, 2.24) is 20.0 Å². The number of carbonyl (C=O) groups is 1. The lowest BCUT2D eigenvalue weighted by atomic mass is 10.1. The van der Waals surface area contributed by atoms with Crippen molar-refractivity contribution in [3.63, 3.8) is 0 Å². The Hall–Kier alpha value is -1.40. The Morgan fingerprint density at radius 1 is 1.38 bits per heavy atom. The van der Waals surface area contributed by atoms with Crippen molar-refractivity contribution in [3.8, 4) is 0 Å². The van der Waals surface area contributed by atoms with Gasteiger partial charge in [0.1, 0.15) is 5.69 Å². The van der Waals surface area contributed by atoms with E-state index in [2.05, 4.69) is 24.3 Å². The van der Waals surface area contributed by atoms with Gasteiger partial charge < -0.3 is 15.0 Å². The van der Waals surface area contributed by atoms with Crippen molar-refractivity contribution < 1.29 is 9.53 Å². The fraction of sp³-hybridized carbons (Fsp3) is 0.778. The van der Waals surface area contributed by atoms with Gasteiger partial charge in [0.25, 0.3) is 5.91 Å². The van der Waals surface area contributed by atoms with Crippen molar-refractivity contribution >= 4 is 5.91 Å². The third-order valence-electron chi connectivity index (χ3n) is 4.87. The molecule has 0 aromatic carbocycles. The smallest absolute Gasteiger partial charge is 0.274 e. The van der Waals surface area contributed by atoms with Gasteiger partial charge in [-0.2, -0.15) is 5.10 Å². The lowest BCUT2D eigenvalue weighted by molar-refractivity contribution is -0.00245. The zero-order valence-electron chi connectivity index (χ0n) is 14.9. The summed E-state index contributed by atoms with van der Waals surface area (Å²) < 4.78 is 7.85. The molecule has 1 aromatic heterocycles. The minimum Gasteiger partial charge on any atom is -0.378 e. The van der Waals surface area contributed by atoms with Crippen LogP contribution in [-0.2, 0) is 4.74 Å². The third-order valence-corrected chi connectivity index (χ3v) is 4.87. The molecule has 2 saturated heterocycles. The van der Waals surface area contributed by atoms with Gasteiger partial charge >= 0.3 is 0 Å². The Kier molecular flexibility index (Phi) is 5.89. The predicted octanol–water partition coefficient (Wildman–Crippen LogP) is 2.08. The SMILES string of the molecule is CC(C)COC1CCN(C(=O)c2ccn(C3CCCNC3)n2)CC1. The van der Waals surface area contributed by atoms with E-state index in [1.165, 1.54) is 0 Å². The maximum Gasteiger partial charge on any atom is 0.274 e. The highest BCUT2D eigenvalue weighted by Gasteiger charge is 2.26. The molecule has 1 unspecified atom stereocenters. The second kappa shape index (κ2) is 8.12. The Bertz CT molecular complexity index is 529. The first-order valence-corrected chi connectivity index (χ1v) is 9.30. The predicted molar refractivity (Wildman–Crippen MR) is 93.1 cm³/mol. The first-order chi connectivity index (χ1) is 11.6. The second-order valence-electron chi connectivity index (χ2n) is 7.40. The summed E-state index contributed by atoms with van der Waals surface area (Å²) in [5.41, 5.74) is 0.571. The summed E-state index contributed by atoms with van der Waals surface area (Å²) in [7, 11) is 0. The summed E-state index contributed by atoms with van der Waals surface area (Å²) in [5.74, 6) is 0.614. The number of hydrogen-bond acceptors (Lipinski definition) is 4. The number of nitrogens with one attached hydrogen (secondary N) is 1. The number of nitrogens with zero attached hydrogens (tertiary/aromatic N) is 3. The number of piperidine rings is 2. The minimum absolute atomic E-state index is 0.0554. The number of hydrogen-bond donors (Lipinski definition) is 1. The van der Waals surface area contributed by atoms with E-state index < -0.39 is 0 Å². The summed E-state index contributed by atoms with van der Waals surface area (Å²) in [6.45, 7) is 8.68. The number of ether oxygens (including phenoxy) is 1. The molecule has 0 aliphatic carbocycles. The first kappa shape index (κ1) is 17.4. The standard InChI is InChI=1S/C18H30N4O2/c1-14(2)13-24-16-5-9-21(10-6-16)18(23)17-7-11-22(20-17)15-4-3-8-19-12-15/h7,11,14-16,19H,3-6,8-10,12-13H2,1-2H3. The maximum absolute atomic E-state index is 12.7. The molecule has 6 nitrogen and oxygen atoms in total. The maximum atomic E-state index is 12.7. The molecule has 0 bridgehead atoms. The molecule has 2 aliphatic heterocycles. The average Bonchev–Trinajstić information content (AvgIpc) is 3.10. The van der Waals surface area contributed by atoms with Crippen molar-refractivity contribution in [2.45, 2.75) is 51.7 Å². The van der Waals surface area contributed by atoms with Crippen LogP contribution in [0.1, 0.15) is 56.1 Å². The Labute approximate surface area is 144 Å². The molecule has 2 aliphatic rings. The van der Waals surface area contributed by atoms with Crippen molar-refractivity contribution in [1.29, 1.82) is 0 Å². The van der Waals surface area contributed by atoms with Crippen LogP contribution in [0, 0.1) is 5.92 Å². The number of carbonyl (C=O) groups excluding carboxylic acids is 1. The summed E-state index contributed by atoms with van der Waals surface area (Å²) in [6.07, 6.45) is 6.38. The van der Waals surface area contributed by atoms with Crippen LogP contribution in [0.4, 0.5) is 0 Å². The van der Waals surface area contributed by atoms with E-state index in [9.17, 15) is 4.79 Å². The van der Waals surface area contributed by atoms with Gasteiger partial charge in [0.2, 0.25) is 0 Å². The fourth-order valence-corrected chi connectivity index (χ4v) is 3.43. The first-order valence-electron chi connectivity index (χ1n) is 9.30. The molecular formula is C18H30N4O2. The van der Waals surface area contributed by atoms with Crippen LogP contribution >= 0.6 is 0 Å². The van der Waals surface area contributed by atoms with E-state index in [1.54, 1.807) is 0 Å². The normalized spacial score (nSPS) is 23.0. The summed E-state index contributed by atoms with van der Waals surface area (Å²) in [5, 5.41) is 7.93. The molecule has 2 fully saturated rings. The second-order valence-corrected chi connectivity index (χ2v) is 7.40. The van der Waals surface area contributed by atoms with Crippen LogP contribution in [0.3, 0.4) is 0 Å². The molecule has 134 valence electrons. The van der Waals surface area contributed by atoms with Gasteiger partial charge in [0.15, 0.2) is 0 Å². The molecule has 24 heavy (non-hydrogen) atoms. The van der Waals surface area contributed by atoms with Gasteiger partial charge in [-0.3, -0.25) is 9.48 Å². The van der Waals surface area contributed by atoms with E-state index >= 15 is 0 Å². The van der Waals surface area contributed by atoms with Gasteiger partial charge in [-0.05, 0) is 44.2 Å². The summed E-state index contributed by atoms with van der Waals surface area (Å²) >= 11 is 0. The van der Waals surface area contributed by atoms with Crippen LogP contribution in [0.25, 0.3) is 0 Å². The molecule has 1 N–H and O–H groups in total. The number of aromatic nitrogens is 2. The molecule has 1 aromatic rings. The highest BCUT2D eigenvalue weighted by molar-refractivity contribution is 5.92. The lowest BCUT2D eigenvalue weighted by Gasteiger charge is -2.32. The van der Waals surface area contributed by atoms with Crippen LogP contribution in [-0.4, -0.2) is 59.5 Å². The molecule has 0 spiro atoms. The average molecular weight is 334 g/mol. The topological polar surface area (TPSA) is 59.4 Å². The van der Waals surface area contributed by atoms with E-state index in [0.717, 1.165) is 58.5 Å². The van der Waals surface area contributed by atoms with E-state index in [4.69, 9.17) is 4.74 Å². The largest absolute Gasteiger partial charge is 0.378 e. The van der Waals surface area contributed by atoms with Crippen molar-refractivity contribution in [3.05, 3.63) is 18.0 Å². The molecule has 1 amide bonds. The Balaban J connectivity index is 1.51. The Morgan fingerprint density at radius 2 is 2.17 bits per heavy atom. The number of likely N-dealkylation sites (tertiary alicyclic amines) is 1.